The van der Waals surface area contributed by atoms with Crippen LogP contribution in [0.15, 0.2) is 24.3 Å². The van der Waals surface area contributed by atoms with Gasteiger partial charge in [-0.3, -0.25) is 4.79 Å². The van der Waals surface area contributed by atoms with Crippen molar-refractivity contribution in [2.24, 2.45) is 0 Å². The molecule has 5 nitrogen and oxygen atoms in total. The molecule has 1 aliphatic heterocycles. The molecule has 1 fully saturated rings. The Morgan fingerprint density at radius 3 is 2.44 bits per heavy atom. The van der Waals surface area contributed by atoms with Gasteiger partial charge in [0.2, 0.25) is 0 Å². The summed E-state index contributed by atoms with van der Waals surface area (Å²) >= 11 is 0. The molecular weight excluding hydrogens is 359 g/mol. The molecule has 0 radical (unpaired) electrons. The van der Waals surface area contributed by atoms with Crippen molar-refractivity contribution in [2.45, 2.75) is 12.6 Å². The van der Waals surface area contributed by atoms with Crippen molar-refractivity contribution < 1.29 is 22.7 Å². The molecule has 1 aliphatic rings. The van der Waals surface area contributed by atoms with E-state index < -0.39 is 11.7 Å². The fourth-order valence-electron chi connectivity index (χ4n) is 2.41. The number of benzene rings is 1. The smallest absolute Gasteiger partial charge is 0.416 e. The van der Waals surface area contributed by atoms with Gasteiger partial charge >= 0.3 is 6.18 Å². The van der Waals surface area contributed by atoms with Crippen LogP contribution in [0.5, 0.6) is 5.75 Å². The zero-order valence-electron chi connectivity index (χ0n) is 13.8. The van der Waals surface area contributed by atoms with Crippen molar-refractivity contribution in [3.8, 4) is 5.75 Å². The summed E-state index contributed by atoms with van der Waals surface area (Å²) in [4.78, 5) is 14.0. The van der Waals surface area contributed by atoms with Crippen molar-refractivity contribution >= 4 is 18.3 Å². The summed E-state index contributed by atoms with van der Waals surface area (Å²) in [6.45, 7) is 5.30. The van der Waals surface area contributed by atoms with Gasteiger partial charge in [0.15, 0.2) is 6.61 Å². The van der Waals surface area contributed by atoms with Crippen LogP contribution in [-0.2, 0) is 11.0 Å². The molecule has 0 aliphatic carbocycles. The second-order valence-electron chi connectivity index (χ2n) is 5.61. The SMILES string of the molecule is Cl.O=C(COc1ccc(C(F)(F)F)cc1)NCCCN1CCNCC1. The van der Waals surface area contributed by atoms with E-state index in [0.29, 0.717) is 6.54 Å². The molecule has 1 saturated heterocycles. The van der Waals surface area contributed by atoms with E-state index in [1.807, 2.05) is 0 Å². The third-order valence-corrected chi connectivity index (χ3v) is 3.73. The molecule has 1 heterocycles. The average molecular weight is 382 g/mol. The van der Waals surface area contributed by atoms with Crippen LogP contribution < -0.4 is 15.4 Å². The Bertz CT molecular complexity index is 520. The summed E-state index contributed by atoms with van der Waals surface area (Å²) in [6, 6.07) is 4.28. The zero-order valence-corrected chi connectivity index (χ0v) is 14.6. The summed E-state index contributed by atoms with van der Waals surface area (Å²) in [6.07, 6.45) is -3.52. The van der Waals surface area contributed by atoms with Gasteiger partial charge in [-0.25, -0.2) is 0 Å². The van der Waals surface area contributed by atoms with Crippen LogP contribution in [0.4, 0.5) is 13.2 Å². The molecule has 1 aromatic rings. The van der Waals surface area contributed by atoms with Crippen LogP contribution in [-0.4, -0.2) is 56.7 Å². The van der Waals surface area contributed by atoms with Crippen LogP contribution in [0.2, 0.25) is 0 Å². The molecule has 0 saturated carbocycles. The number of hydrogen-bond donors (Lipinski definition) is 2. The topological polar surface area (TPSA) is 53.6 Å². The monoisotopic (exact) mass is 381 g/mol. The van der Waals surface area contributed by atoms with E-state index in [0.717, 1.165) is 51.3 Å². The first-order valence-corrected chi connectivity index (χ1v) is 7.95. The molecule has 142 valence electrons. The van der Waals surface area contributed by atoms with Crippen molar-refractivity contribution in [3.63, 3.8) is 0 Å². The molecule has 1 aromatic carbocycles. The fraction of sp³-hybridized carbons (Fsp3) is 0.562. The minimum atomic E-state index is -4.37. The van der Waals surface area contributed by atoms with E-state index in [4.69, 9.17) is 4.74 Å². The Morgan fingerprint density at radius 2 is 1.84 bits per heavy atom. The largest absolute Gasteiger partial charge is 0.484 e. The van der Waals surface area contributed by atoms with E-state index in [9.17, 15) is 18.0 Å². The summed E-state index contributed by atoms with van der Waals surface area (Å²) in [5.74, 6) is -0.0471. The normalized spacial score (nSPS) is 15.3. The first kappa shape index (κ1) is 21.5. The van der Waals surface area contributed by atoms with Crippen molar-refractivity contribution in [1.82, 2.24) is 15.5 Å². The molecular formula is C16H23ClF3N3O2. The average Bonchev–Trinajstić information content (AvgIpc) is 2.57. The maximum Gasteiger partial charge on any atom is 0.416 e. The molecule has 2 rings (SSSR count). The fourth-order valence-corrected chi connectivity index (χ4v) is 2.41. The zero-order chi connectivity index (χ0) is 17.4. The highest BCUT2D eigenvalue weighted by atomic mass is 35.5. The highest BCUT2D eigenvalue weighted by Gasteiger charge is 2.30. The Labute approximate surface area is 151 Å². The van der Waals surface area contributed by atoms with E-state index in [1.165, 1.54) is 12.1 Å². The Balaban J connectivity index is 0.00000312. The number of piperazine rings is 1. The Hall–Kier alpha value is -1.51. The Morgan fingerprint density at radius 1 is 1.20 bits per heavy atom. The van der Waals surface area contributed by atoms with Gasteiger partial charge in [0, 0.05) is 32.7 Å². The van der Waals surface area contributed by atoms with Crippen molar-refractivity contribution in [3.05, 3.63) is 29.8 Å². The van der Waals surface area contributed by atoms with Crippen molar-refractivity contribution in [2.75, 3.05) is 45.9 Å². The number of carbonyl (C=O) groups excluding carboxylic acids is 1. The number of ether oxygens (including phenoxy) is 1. The highest BCUT2D eigenvalue weighted by molar-refractivity contribution is 5.85. The number of hydrogen-bond acceptors (Lipinski definition) is 4. The van der Waals surface area contributed by atoms with E-state index in [1.54, 1.807) is 0 Å². The number of alkyl halides is 3. The van der Waals surface area contributed by atoms with Gasteiger partial charge in [0.05, 0.1) is 5.56 Å². The number of halogens is 4. The van der Waals surface area contributed by atoms with E-state index >= 15 is 0 Å². The third-order valence-electron chi connectivity index (χ3n) is 3.73. The molecule has 0 atom stereocenters. The Kier molecular flexibility index (Phi) is 9.02. The molecule has 0 spiro atoms. The second kappa shape index (κ2) is 10.5. The highest BCUT2D eigenvalue weighted by Crippen LogP contribution is 2.30. The van der Waals surface area contributed by atoms with Gasteiger partial charge in [-0.15, -0.1) is 12.4 Å². The maximum atomic E-state index is 12.4. The molecule has 0 aromatic heterocycles. The third kappa shape index (κ3) is 7.94. The van der Waals surface area contributed by atoms with Crippen LogP contribution in [0, 0.1) is 0 Å². The minimum Gasteiger partial charge on any atom is -0.484 e. The predicted octanol–water partition coefficient (Wildman–Crippen LogP) is 1.92. The molecule has 9 heteroatoms. The number of nitrogens with one attached hydrogen (secondary N) is 2. The summed E-state index contributed by atoms with van der Waals surface area (Å²) in [5.41, 5.74) is -0.743. The second-order valence-corrected chi connectivity index (χ2v) is 5.61. The molecule has 25 heavy (non-hydrogen) atoms. The quantitative estimate of drug-likeness (QED) is 0.709. The maximum absolute atomic E-state index is 12.4. The van der Waals surface area contributed by atoms with Gasteiger partial charge in [0.1, 0.15) is 5.75 Å². The van der Waals surface area contributed by atoms with Gasteiger partial charge in [-0.2, -0.15) is 13.2 Å². The van der Waals surface area contributed by atoms with Crippen LogP contribution in [0.25, 0.3) is 0 Å². The molecule has 1 amide bonds. The molecule has 2 N–H and O–H groups in total. The first-order chi connectivity index (χ1) is 11.4. The standard InChI is InChI=1S/C16H22F3N3O2.ClH/c17-16(18,19)13-2-4-14(5-3-13)24-12-15(23)21-6-1-9-22-10-7-20-8-11-22;/h2-5,20H,1,6-12H2,(H,21,23);1H. The van der Waals surface area contributed by atoms with Crippen LogP contribution >= 0.6 is 12.4 Å². The first-order valence-electron chi connectivity index (χ1n) is 7.95. The molecule has 0 bridgehead atoms. The lowest BCUT2D eigenvalue weighted by Gasteiger charge is -2.27. The number of amides is 1. The summed E-state index contributed by atoms with van der Waals surface area (Å²) in [7, 11) is 0. The van der Waals surface area contributed by atoms with Gasteiger partial charge in [-0.05, 0) is 37.2 Å². The number of carbonyl (C=O) groups is 1. The van der Waals surface area contributed by atoms with Gasteiger partial charge in [0.25, 0.3) is 5.91 Å². The van der Waals surface area contributed by atoms with Gasteiger partial charge < -0.3 is 20.3 Å². The van der Waals surface area contributed by atoms with Crippen molar-refractivity contribution in [1.29, 1.82) is 0 Å². The lowest BCUT2D eigenvalue weighted by Crippen LogP contribution is -2.44. The lowest BCUT2D eigenvalue weighted by atomic mass is 10.2. The van der Waals surface area contributed by atoms with E-state index in [-0.39, 0.29) is 30.7 Å². The number of rotatable bonds is 7. The van der Waals surface area contributed by atoms with Crippen LogP contribution in [0.3, 0.4) is 0 Å². The van der Waals surface area contributed by atoms with E-state index in [2.05, 4.69) is 15.5 Å². The molecule has 0 unspecified atom stereocenters. The summed E-state index contributed by atoms with van der Waals surface area (Å²) < 4.78 is 42.5. The lowest BCUT2D eigenvalue weighted by molar-refractivity contribution is -0.137. The van der Waals surface area contributed by atoms with Gasteiger partial charge in [-0.1, -0.05) is 0 Å². The predicted molar refractivity (Wildman–Crippen MR) is 91.1 cm³/mol. The van der Waals surface area contributed by atoms with Crippen LogP contribution in [0.1, 0.15) is 12.0 Å². The minimum absolute atomic E-state index is 0. The number of nitrogens with zero attached hydrogens (tertiary/aromatic N) is 1. The summed E-state index contributed by atoms with van der Waals surface area (Å²) in [5, 5.41) is 6.02.